The van der Waals surface area contributed by atoms with E-state index in [1.807, 2.05) is 0 Å². The SMILES string of the molecule is O=C(O)C1CC[N-]CC1.O=C([O-])C1=CCNC=C1.[Cl][Pt+2]([Cl])([Cl])[Cl]. The number of rotatable bonds is 2. The van der Waals surface area contributed by atoms with Crippen LogP contribution in [0.4, 0.5) is 0 Å². The summed E-state index contributed by atoms with van der Waals surface area (Å²) >= 11 is -3.06. The normalized spacial score (nSPS) is 18.2. The van der Waals surface area contributed by atoms with Crippen LogP contribution in [-0.2, 0) is 21.5 Å². The number of halogens is 4. The average Bonchev–Trinajstić information content (AvgIpc) is 2.48. The van der Waals surface area contributed by atoms with E-state index in [0.29, 0.717) is 6.54 Å². The molecule has 0 aromatic heterocycles. The summed E-state index contributed by atoms with van der Waals surface area (Å²) < 4.78 is 0. The molecule has 11 heteroatoms. The Morgan fingerprint density at radius 2 is 1.78 bits per heavy atom. The van der Waals surface area contributed by atoms with Gasteiger partial charge in [0.2, 0.25) is 0 Å². The van der Waals surface area contributed by atoms with Gasteiger partial charge < -0.3 is 25.6 Å². The van der Waals surface area contributed by atoms with Gasteiger partial charge in [-0.15, -0.1) is 13.1 Å². The third-order valence-electron chi connectivity index (χ3n) is 2.68. The summed E-state index contributed by atoms with van der Waals surface area (Å²) in [7, 11) is 20.0. The predicted molar refractivity (Wildman–Crippen MR) is 87.1 cm³/mol. The number of aliphatic carboxylic acids is 2. The fraction of sp³-hybridized carbons (Fsp3) is 0.500. The number of carbonyl (C=O) groups excluding carboxylic acids is 1. The van der Waals surface area contributed by atoms with E-state index in [1.165, 1.54) is 6.08 Å². The number of dihydropyridines is 1. The molecule has 0 amide bonds. The molecule has 0 aromatic carbocycles. The molecule has 0 aliphatic carbocycles. The summed E-state index contributed by atoms with van der Waals surface area (Å²) in [5, 5.41) is 25.5. The zero-order valence-corrected chi connectivity index (χ0v) is 17.1. The molecule has 2 heterocycles. The molecule has 0 saturated carbocycles. The van der Waals surface area contributed by atoms with Crippen LogP contribution in [0.2, 0.25) is 0 Å². The summed E-state index contributed by atoms with van der Waals surface area (Å²) in [6.45, 7) is 2.04. The van der Waals surface area contributed by atoms with Crippen LogP contribution >= 0.6 is 37.7 Å². The number of nitrogens with one attached hydrogen (secondary N) is 1. The molecule has 1 fully saturated rings. The minimum atomic E-state index is -3.06. The van der Waals surface area contributed by atoms with Crippen LogP contribution < -0.4 is 10.4 Å². The Labute approximate surface area is 153 Å². The molecule has 2 aliphatic heterocycles. The van der Waals surface area contributed by atoms with Gasteiger partial charge in [-0.2, -0.15) is 0 Å². The van der Waals surface area contributed by atoms with Crippen molar-refractivity contribution in [1.82, 2.24) is 5.32 Å². The van der Waals surface area contributed by atoms with Gasteiger partial charge in [0.05, 0.1) is 11.9 Å². The molecule has 1 saturated heterocycles. The molecule has 0 atom stereocenters. The average molecular weight is 589 g/mol. The molecule has 0 aromatic rings. The topological polar surface area (TPSA) is 104 Å². The summed E-state index contributed by atoms with van der Waals surface area (Å²) in [5.74, 6) is -1.90. The second kappa shape index (κ2) is 12.4. The maximum absolute atomic E-state index is 10.3. The fourth-order valence-electron chi connectivity index (χ4n) is 1.60. The molecular formula is C12H16Cl4N2O4Pt. The Kier molecular flexibility index (Phi) is 12.4. The van der Waals surface area contributed by atoms with Crippen molar-refractivity contribution < 1.29 is 31.7 Å². The van der Waals surface area contributed by atoms with Crippen molar-refractivity contribution in [1.29, 1.82) is 0 Å². The molecule has 23 heavy (non-hydrogen) atoms. The van der Waals surface area contributed by atoms with Crippen molar-refractivity contribution in [2.75, 3.05) is 19.6 Å². The van der Waals surface area contributed by atoms with E-state index >= 15 is 0 Å². The molecule has 0 radical (unpaired) electrons. The van der Waals surface area contributed by atoms with Gasteiger partial charge in [0, 0.05) is 6.54 Å². The van der Waals surface area contributed by atoms with E-state index in [0.717, 1.165) is 25.9 Å². The third kappa shape index (κ3) is 15.3. The van der Waals surface area contributed by atoms with E-state index in [-0.39, 0.29) is 11.5 Å². The number of carboxylic acid groups (broad SMARTS) is 2. The Hall–Kier alpha value is 0.0283. The van der Waals surface area contributed by atoms with E-state index in [2.05, 4.69) is 10.6 Å². The van der Waals surface area contributed by atoms with Crippen LogP contribution in [0.3, 0.4) is 0 Å². The van der Waals surface area contributed by atoms with Crippen LogP contribution in [0.5, 0.6) is 0 Å². The first-order valence-corrected chi connectivity index (χ1v) is 17.5. The van der Waals surface area contributed by atoms with E-state index in [4.69, 9.17) is 42.8 Å². The zero-order chi connectivity index (χ0) is 17.9. The van der Waals surface area contributed by atoms with Crippen LogP contribution in [0.25, 0.3) is 5.32 Å². The fourth-order valence-corrected chi connectivity index (χ4v) is 1.60. The van der Waals surface area contributed by atoms with Crippen molar-refractivity contribution in [2.45, 2.75) is 12.8 Å². The summed E-state index contributed by atoms with van der Waals surface area (Å²) in [4.78, 5) is 20.4. The Bertz CT molecular complexity index is 443. The van der Waals surface area contributed by atoms with E-state index in [1.54, 1.807) is 12.3 Å². The van der Waals surface area contributed by atoms with Gasteiger partial charge in [-0.3, -0.25) is 4.79 Å². The molecular weight excluding hydrogens is 573 g/mol. The van der Waals surface area contributed by atoms with Crippen LogP contribution in [0, 0.1) is 5.92 Å². The number of carboxylic acids is 2. The van der Waals surface area contributed by atoms with Gasteiger partial charge in [-0.25, -0.2) is 0 Å². The molecule has 0 spiro atoms. The molecule has 2 aliphatic rings. The molecule has 2 N–H and O–H groups in total. The zero-order valence-electron chi connectivity index (χ0n) is 11.8. The van der Waals surface area contributed by atoms with Crippen molar-refractivity contribution in [3.8, 4) is 0 Å². The Morgan fingerprint density at radius 1 is 1.26 bits per heavy atom. The number of nitrogens with zero attached hydrogens (tertiary/aromatic N) is 1. The minimum absolute atomic E-state index is 0.123. The molecule has 2 rings (SSSR count). The van der Waals surface area contributed by atoms with Crippen LogP contribution in [-0.4, -0.2) is 36.7 Å². The third-order valence-corrected chi connectivity index (χ3v) is 2.68. The van der Waals surface area contributed by atoms with Crippen molar-refractivity contribution in [3.63, 3.8) is 0 Å². The van der Waals surface area contributed by atoms with Gasteiger partial charge in [-0.1, -0.05) is 18.9 Å². The Morgan fingerprint density at radius 3 is 2.04 bits per heavy atom. The van der Waals surface area contributed by atoms with Gasteiger partial charge in [0.15, 0.2) is 0 Å². The number of piperidine rings is 1. The molecule has 0 unspecified atom stereocenters. The number of carbonyl (C=O) groups is 2. The first-order valence-electron chi connectivity index (χ1n) is 6.26. The summed E-state index contributed by atoms with van der Waals surface area (Å²) in [6.07, 6.45) is 6.09. The van der Waals surface area contributed by atoms with Crippen molar-refractivity contribution in [2.24, 2.45) is 5.92 Å². The van der Waals surface area contributed by atoms with Crippen molar-refractivity contribution in [3.05, 3.63) is 29.2 Å². The first kappa shape index (κ1) is 23.0. The maximum atomic E-state index is 10.3. The quantitative estimate of drug-likeness (QED) is 0.516. The van der Waals surface area contributed by atoms with E-state index in [9.17, 15) is 14.7 Å². The van der Waals surface area contributed by atoms with Gasteiger partial charge >= 0.3 is 55.5 Å². The predicted octanol–water partition coefficient (Wildman–Crippen LogP) is 2.39. The first-order chi connectivity index (χ1) is 10.6. The van der Waals surface area contributed by atoms with Crippen LogP contribution in [0.1, 0.15) is 12.8 Å². The van der Waals surface area contributed by atoms with Crippen molar-refractivity contribution >= 4 is 49.6 Å². The number of hydrogen-bond donors (Lipinski definition) is 2. The molecule has 136 valence electrons. The Balaban J connectivity index is 0.000000332. The van der Waals surface area contributed by atoms with E-state index < -0.39 is 23.8 Å². The van der Waals surface area contributed by atoms with Gasteiger partial charge in [0.1, 0.15) is 0 Å². The van der Waals surface area contributed by atoms with Gasteiger partial charge in [-0.05, 0) is 17.8 Å². The summed E-state index contributed by atoms with van der Waals surface area (Å²) in [6, 6.07) is 0. The second-order valence-corrected chi connectivity index (χ2v) is 23.9. The van der Waals surface area contributed by atoms with Crippen LogP contribution in [0.15, 0.2) is 23.9 Å². The monoisotopic (exact) mass is 587 g/mol. The number of hydrogen-bond acceptors (Lipinski definition) is 4. The molecule has 0 bridgehead atoms. The standard InChI is InChI=1S/C6H10NO2.C6H7NO2.4ClH.Pt/c2*8-6(9)5-1-3-7-4-2-5;;;;;/h5H,1-4H2,(H,8,9);1-3,7H,4H2,(H,8,9);4*1H;/q-1;;;;;;+6/p-5. The van der Waals surface area contributed by atoms with Gasteiger partial charge in [0.25, 0.3) is 0 Å². The summed E-state index contributed by atoms with van der Waals surface area (Å²) in [5.41, 5.74) is 0.244. The second-order valence-electron chi connectivity index (χ2n) is 4.24. The molecule has 6 nitrogen and oxygen atoms in total.